The largest absolute Gasteiger partial charge is 0.380 e. The molecule has 5 heteroatoms. The first-order valence-electron chi connectivity index (χ1n) is 4.98. The lowest BCUT2D eigenvalue weighted by atomic mass is 10.2. The van der Waals surface area contributed by atoms with Crippen LogP contribution in [0.2, 0.25) is 5.02 Å². The Kier molecular flexibility index (Phi) is 4.07. The average Bonchev–Trinajstić information content (AvgIpc) is 2.68. The second-order valence-electron chi connectivity index (χ2n) is 3.67. The zero-order chi connectivity index (χ0) is 12.4. The van der Waals surface area contributed by atoms with Crippen molar-refractivity contribution in [3.63, 3.8) is 0 Å². The predicted octanol–water partition coefficient (Wildman–Crippen LogP) is 5.22. The van der Waals surface area contributed by atoms with Gasteiger partial charge in [0.05, 0.1) is 9.50 Å². The van der Waals surface area contributed by atoms with Crippen LogP contribution in [-0.4, -0.2) is 0 Å². The lowest BCUT2D eigenvalue weighted by molar-refractivity contribution is 0.620. The van der Waals surface area contributed by atoms with E-state index in [1.807, 2.05) is 18.4 Å². The highest BCUT2D eigenvalue weighted by molar-refractivity contribution is 9.10. The number of hydrogen-bond donors (Lipinski definition) is 1. The van der Waals surface area contributed by atoms with Gasteiger partial charge in [0.15, 0.2) is 0 Å². The van der Waals surface area contributed by atoms with Crippen molar-refractivity contribution in [3.8, 4) is 0 Å². The van der Waals surface area contributed by atoms with Gasteiger partial charge in [-0.1, -0.05) is 11.6 Å². The van der Waals surface area contributed by atoms with Crippen molar-refractivity contribution in [1.29, 1.82) is 0 Å². The molecular formula is C12H10BrClFNS. The van der Waals surface area contributed by atoms with E-state index < -0.39 is 0 Å². The SMILES string of the molecule is Cc1cc(F)c(Br)cc1NCc1cc(Cl)cs1. The van der Waals surface area contributed by atoms with Gasteiger partial charge in [0.25, 0.3) is 0 Å². The Morgan fingerprint density at radius 3 is 2.82 bits per heavy atom. The zero-order valence-electron chi connectivity index (χ0n) is 9.06. The van der Waals surface area contributed by atoms with Gasteiger partial charge in [-0.15, -0.1) is 11.3 Å². The molecule has 1 nitrogen and oxygen atoms in total. The summed E-state index contributed by atoms with van der Waals surface area (Å²) in [4.78, 5) is 1.15. The highest BCUT2D eigenvalue weighted by Gasteiger charge is 2.05. The minimum absolute atomic E-state index is 0.243. The van der Waals surface area contributed by atoms with E-state index >= 15 is 0 Å². The van der Waals surface area contributed by atoms with Gasteiger partial charge in [0.2, 0.25) is 0 Å². The number of halogens is 3. The van der Waals surface area contributed by atoms with Crippen LogP contribution in [0.4, 0.5) is 10.1 Å². The minimum Gasteiger partial charge on any atom is -0.380 e. The fourth-order valence-corrected chi connectivity index (χ4v) is 2.82. The summed E-state index contributed by atoms with van der Waals surface area (Å²) < 4.78 is 13.7. The molecule has 2 aromatic rings. The quantitative estimate of drug-likeness (QED) is 0.811. The van der Waals surface area contributed by atoms with Crippen molar-refractivity contribution in [2.24, 2.45) is 0 Å². The molecule has 0 bridgehead atoms. The number of benzene rings is 1. The van der Waals surface area contributed by atoms with E-state index in [4.69, 9.17) is 11.6 Å². The zero-order valence-corrected chi connectivity index (χ0v) is 12.2. The Morgan fingerprint density at radius 2 is 2.18 bits per heavy atom. The van der Waals surface area contributed by atoms with Crippen molar-refractivity contribution in [3.05, 3.63) is 49.3 Å². The molecule has 0 saturated carbocycles. The predicted molar refractivity (Wildman–Crippen MR) is 75.5 cm³/mol. The van der Waals surface area contributed by atoms with Crippen LogP contribution in [0.5, 0.6) is 0 Å². The summed E-state index contributed by atoms with van der Waals surface area (Å²) in [6.07, 6.45) is 0. The standard InChI is InChI=1S/C12H10BrClFNS/c1-7-2-11(15)10(13)4-12(7)16-5-9-3-8(14)6-17-9/h2-4,6,16H,5H2,1H3. The Bertz CT molecular complexity index is 541. The molecule has 0 spiro atoms. The van der Waals surface area contributed by atoms with Gasteiger partial charge in [-0.25, -0.2) is 4.39 Å². The van der Waals surface area contributed by atoms with E-state index in [2.05, 4.69) is 21.2 Å². The highest BCUT2D eigenvalue weighted by Crippen LogP contribution is 2.26. The van der Waals surface area contributed by atoms with Crippen LogP contribution in [0, 0.1) is 12.7 Å². The third kappa shape index (κ3) is 3.21. The topological polar surface area (TPSA) is 12.0 Å². The Labute approximate surface area is 117 Å². The summed E-state index contributed by atoms with van der Waals surface area (Å²) in [6, 6.07) is 5.18. The molecule has 0 aliphatic carbocycles. The van der Waals surface area contributed by atoms with Crippen molar-refractivity contribution >= 4 is 44.6 Å². The van der Waals surface area contributed by atoms with Crippen LogP contribution >= 0.6 is 38.9 Å². The molecule has 0 atom stereocenters. The van der Waals surface area contributed by atoms with Crippen LogP contribution in [0.15, 0.2) is 28.1 Å². The number of hydrogen-bond acceptors (Lipinski definition) is 2. The molecule has 1 heterocycles. The van der Waals surface area contributed by atoms with Crippen LogP contribution in [0.1, 0.15) is 10.4 Å². The molecule has 1 aromatic carbocycles. The van der Waals surface area contributed by atoms with Gasteiger partial charge in [0.1, 0.15) is 5.82 Å². The van der Waals surface area contributed by atoms with Crippen molar-refractivity contribution in [2.75, 3.05) is 5.32 Å². The second kappa shape index (κ2) is 5.38. The van der Waals surface area contributed by atoms with Gasteiger partial charge in [0, 0.05) is 22.5 Å². The summed E-state index contributed by atoms with van der Waals surface area (Å²) in [5, 5.41) is 5.91. The van der Waals surface area contributed by atoms with E-state index in [-0.39, 0.29) is 5.82 Å². The number of nitrogens with one attached hydrogen (secondary N) is 1. The van der Waals surface area contributed by atoms with E-state index in [1.165, 1.54) is 6.07 Å². The van der Waals surface area contributed by atoms with E-state index in [0.29, 0.717) is 11.0 Å². The number of aryl methyl sites for hydroxylation is 1. The average molecular weight is 335 g/mol. The monoisotopic (exact) mass is 333 g/mol. The van der Waals surface area contributed by atoms with Crippen LogP contribution in [0.3, 0.4) is 0 Å². The molecule has 0 radical (unpaired) electrons. The first-order chi connectivity index (χ1) is 8.06. The van der Waals surface area contributed by atoms with Crippen LogP contribution in [-0.2, 0) is 6.54 Å². The molecule has 1 aromatic heterocycles. The maximum atomic E-state index is 13.2. The Morgan fingerprint density at radius 1 is 1.41 bits per heavy atom. The minimum atomic E-state index is -0.243. The molecule has 0 unspecified atom stereocenters. The Hall–Kier alpha value is -0.580. The van der Waals surface area contributed by atoms with Gasteiger partial charge in [-0.05, 0) is 46.6 Å². The summed E-state index contributed by atoms with van der Waals surface area (Å²) in [7, 11) is 0. The molecule has 0 amide bonds. The summed E-state index contributed by atoms with van der Waals surface area (Å²) in [6.45, 7) is 2.57. The molecule has 0 aliphatic heterocycles. The third-order valence-electron chi connectivity index (χ3n) is 2.34. The van der Waals surface area contributed by atoms with Gasteiger partial charge >= 0.3 is 0 Å². The fourth-order valence-electron chi connectivity index (χ4n) is 1.47. The molecular weight excluding hydrogens is 325 g/mol. The van der Waals surface area contributed by atoms with Gasteiger partial charge < -0.3 is 5.32 Å². The van der Waals surface area contributed by atoms with Crippen LogP contribution in [0.25, 0.3) is 0 Å². The number of thiophene rings is 1. The van der Waals surface area contributed by atoms with E-state index in [1.54, 1.807) is 17.4 Å². The molecule has 1 N–H and O–H groups in total. The first kappa shape index (κ1) is 12.9. The fraction of sp³-hybridized carbons (Fsp3) is 0.167. The molecule has 0 aliphatic rings. The van der Waals surface area contributed by atoms with Gasteiger partial charge in [-0.2, -0.15) is 0 Å². The van der Waals surface area contributed by atoms with Gasteiger partial charge in [-0.3, -0.25) is 0 Å². The van der Waals surface area contributed by atoms with E-state index in [0.717, 1.165) is 21.2 Å². The maximum absolute atomic E-state index is 13.2. The molecule has 0 saturated heterocycles. The number of rotatable bonds is 3. The summed E-state index contributed by atoms with van der Waals surface area (Å²) >= 11 is 10.6. The van der Waals surface area contributed by atoms with Crippen molar-refractivity contribution < 1.29 is 4.39 Å². The van der Waals surface area contributed by atoms with Crippen LogP contribution < -0.4 is 5.32 Å². The lowest BCUT2D eigenvalue weighted by Crippen LogP contribution is -2.00. The molecule has 17 heavy (non-hydrogen) atoms. The molecule has 0 fully saturated rings. The van der Waals surface area contributed by atoms with E-state index in [9.17, 15) is 4.39 Å². The molecule has 90 valence electrons. The highest BCUT2D eigenvalue weighted by atomic mass is 79.9. The maximum Gasteiger partial charge on any atom is 0.137 e. The third-order valence-corrected chi connectivity index (χ3v) is 4.23. The Balaban J connectivity index is 2.11. The normalized spacial score (nSPS) is 10.6. The summed E-state index contributed by atoms with van der Waals surface area (Å²) in [5.74, 6) is -0.243. The van der Waals surface area contributed by atoms with Crippen molar-refractivity contribution in [2.45, 2.75) is 13.5 Å². The molecule has 2 rings (SSSR count). The second-order valence-corrected chi connectivity index (χ2v) is 5.95. The lowest BCUT2D eigenvalue weighted by Gasteiger charge is -2.09. The van der Waals surface area contributed by atoms with Crippen molar-refractivity contribution in [1.82, 2.24) is 0 Å². The first-order valence-corrected chi connectivity index (χ1v) is 7.04. The summed E-state index contributed by atoms with van der Waals surface area (Å²) in [5.41, 5.74) is 1.80. The smallest absolute Gasteiger partial charge is 0.137 e. The number of anilines is 1.